The SMILES string of the molecule is CNC(C)(C#N)CCCCN1CCCc2cc(C)ccc21. The van der Waals surface area contributed by atoms with Gasteiger partial charge in [-0.3, -0.25) is 0 Å². The van der Waals surface area contributed by atoms with Gasteiger partial charge in [0.05, 0.1) is 6.07 Å². The van der Waals surface area contributed by atoms with Crippen molar-refractivity contribution in [1.82, 2.24) is 5.32 Å². The van der Waals surface area contributed by atoms with Crippen LogP contribution >= 0.6 is 0 Å². The van der Waals surface area contributed by atoms with Crippen molar-refractivity contribution in [2.45, 2.75) is 51.5 Å². The monoisotopic (exact) mass is 285 g/mol. The van der Waals surface area contributed by atoms with E-state index >= 15 is 0 Å². The van der Waals surface area contributed by atoms with Gasteiger partial charge in [0.25, 0.3) is 0 Å². The summed E-state index contributed by atoms with van der Waals surface area (Å²) < 4.78 is 0. The van der Waals surface area contributed by atoms with Crippen molar-refractivity contribution in [3.63, 3.8) is 0 Å². The number of nitrogens with zero attached hydrogens (tertiary/aromatic N) is 2. The highest BCUT2D eigenvalue weighted by Gasteiger charge is 2.21. The lowest BCUT2D eigenvalue weighted by atomic mass is 9.96. The largest absolute Gasteiger partial charge is 0.371 e. The van der Waals surface area contributed by atoms with Gasteiger partial charge >= 0.3 is 0 Å². The molecule has 3 heteroatoms. The van der Waals surface area contributed by atoms with E-state index in [0.717, 1.165) is 32.4 Å². The first-order valence-electron chi connectivity index (χ1n) is 8.02. The molecule has 1 aromatic carbocycles. The highest BCUT2D eigenvalue weighted by atomic mass is 15.1. The van der Waals surface area contributed by atoms with Crippen molar-refractivity contribution in [3.05, 3.63) is 29.3 Å². The van der Waals surface area contributed by atoms with E-state index in [4.69, 9.17) is 5.26 Å². The van der Waals surface area contributed by atoms with Gasteiger partial charge in [-0.05, 0) is 64.6 Å². The molecule has 0 bridgehead atoms. The van der Waals surface area contributed by atoms with E-state index < -0.39 is 0 Å². The second-order valence-corrected chi connectivity index (χ2v) is 6.37. The van der Waals surface area contributed by atoms with Gasteiger partial charge in [-0.15, -0.1) is 0 Å². The summed E-state index contributed by atoms with van der Waals surface area (Å²) in [5.41, 5.74) is 3.90. The second kappa shape index (κ2) is 6.95. The van der Waals surface area contributed by atoms with Crippen LogP contribution in [0.2, 0.25) is 0 Å². The van der Waals surface area contributed by atoms with Crippen LogP contribution in [0.25, 0.3) is 0 Å². The molecule has 114 valence electrons. The summed E-state index contributed by atoms with van der Waals surface area (Å²) in [7, 11) is 1.87. The predicted octanol–water partition coefficient (Wildman–Crippen LogP) is 3.42. The van der Waals surface area contributed by atoms with Crippen LogP contribution in [-0.4, -0.2) is 25.7 Å². The van der Waals surface area contributed by atoms with Crippen LogP contribution in [0.3, 0.4) is 0 Å². The minimum Gasteiger partial charge on any atom is -0.371 e. The number of aryl methyl sites for hydroxylation is 2. The Balaban J connectivity index is 1.87. The molecule has 2 rings (SSSR count). The topological polar surface area (TPSA) is 39.1 Å². The molecule has 1 N–H and O–H groups in total. The number of benzene rings is 1. The Hall–Kier alpha value is -1.53. The zero-order chi connectivity index (χ0) is 15.3. The van der Waals surface area contributed by atoms with Gasteiger partial charge in [0.1, 0.15) is 5.54 Å². The van der Waals surface area contributed by atoms with Crippen LogP contribution in [-0.2, 0) is 6.42 Å². The molecular formula is C18H27N3. The maximum Gasteiger partial charge on any atom is 0.103 e. The lowest BCUT2D eigenvalue weighted by Crippen LogP contribution is -2.38. The number of anilines is 1. The van der Waals surface area contributed by atoms with E-state index in [1.807, 2.05) is 14.0 Å². The number of fused-ring (bicyclic) bond motifs is 1. The highest BCUT2D eigenvalue weighted by molar-refractivity contribution is 5.56. The van der Waals surface area contributed by atoms with E-state index in [2.05, 4.69) is 41.4 Å². The Labute approximate surface area is 129 Å². The molecule has 0 amide bonds. The molecule has 1 heterocycles. The predicted molar refractivity (Wildman–Crippen MR) is 88.6 cm³/mol. The summed E-state index contributed by atoms with van der Waals surface area (Å²) in [6.45, 7) is 6.41. The molecule has 1 unspecified atom stereocenters. The molecule has 0 saturated carbocycles. The number of hydrogen-bond acceptors (Lipinski definition) is 3. The van der Waals surface area contributed by atoms with Crippen molar-refractivity contribution in [1.29, 1.82) is 5.26 Å². The first-order chi connectivity index (χ1) is 10.1. The molecule has 0 spiro atoms. The summed E-state index contributed by atoms with van der Waals surface area (Å²) in [5.74, 6) is 0. The normalized spacial score (nSPS) is 17.0. The van der Waals surface area contributed by atoms with Gasteiger partial charge in [0.15, 0.2) is 0 Å². The lowest BCUT2D eigenvalue weighted by molar-refractivity contribution is 0.433. The molecule has 1 atom stereocenters. The fourth-order valence-corrected chi connectivity index (χ4v) is 3.05. The van der Waals surface area contributed by atoms with Crippen LogP contribution in [0.1, 0.15) is 43.7 Å². The van der Waals surface area contributed by atoms with Crippen LogP contribution < -0.4 is 10.2 Å². The zero-order valence-electron chi connectivity index (χ0n) is 13.6. The third-order valence-electron chi connectivity index (χ3n) is 4.60. The average Bonchev–Trinajstić information content (AvgIpc) is 2.51. The van der Waals surface area contributed by atoms with Crippen LogP contribution in [0, 0.1) is 18.3 Å². The molecule has 1 aliphatic heterocycles. The third-order valence-corrected chi connectivity index (χ3v) is 4.60. The molecule has 1 aliphatic rings. The van der Waals surface area contributed by atoms with Gasteiger partial charge in [0.2, 0.25) is 0 Å². The number of rotatable bonds is 6. The zero-order valence-corrected chi connectivity index (χ0v) is 13.6. The van der Waals surface area contributed by atoms with Crippen molar-refractivity contribution in [2.24, 2.45) is 0 Å². The van der Waals surface area contributed by atoms with E-state index in [9.17, 15) is 0 Å². The Bertz CT molecular complexity index is 518. The molecule has 0 radical (unpaired) electrons. The van der Waals surface area contributed by atoms with E-state index in [1.54, 1.807) is 0 Å². The number of unbranched alkanes of at least 4 members (excludes halogenated alkanes) is 1. The second-order valence-electron chi connectivity index (χ2n) is 6.37. The Morgan fingerprint density at radius 3 is 2.90 bits per heavy atom. The Morgan fingerprint density at radius 2 is 2.19 bits per heavy atom. The molecule has 1 aromatic rings. The van der Waals surface area contributed by atoms with Gasteiger partial charge in [-0.25, -0.2) is 0 Å². The Morgan fingerprint density at radius 1 is 1.38 bits per heavy atom. The molecule has 0 aliphatic carbocycles. The summed E-state index contributed by atoms with van der Waals surface area (Å²) in [5, 5.41) is 12.3. The van der Waals surface area contributed by atoms with Gasteiger partial charge in [0, 0.05) is 18.8 Å². The number of nitrogens with one attached hydrogen (secondary N) is 1. The van der Waals surface area contributed by atoms with Gasteiger partial charge < -0.3 is 10.2 Å². The third kappa shape index (κ3) is 3.98. The lowest BCUT2D eigenvalue weighted by Gasteiger charge is -2.32. The summed E-state index contributed by atoms with van der Waals surface area (Å²) >= 11 is 0. The van der Waals surface area contributed by atoms with Crippen LogP contribution in [0.5, 0.6) is 0 Å². The molecule has 21 heavy (non-hydrogen) atoms. The standard InChI is InChI=1S/C18H27N3/c1-15-8-9-17-16(13-15)7-6-12-21(17)11-5-4-10-18(2,14-19)20-3/h8-9,13,20H,4-7,10-12H2,1-3H3. The summed E-state index contributed by atoms with van der Waals surface area (Å²) in [6.07, 6.45) is 5.60. The van der Waals surface area contributed by atoms with E-state index in [1.165, 1.54) is 29.7 Å². The summed E-state index contributed by atoms with van der Waals surface area (Å²) in [4.78, 5) is 2.52. The smallest absolute Gasteiger partial charge is 0.103 e. The van der Waals surface area contributed by atoms with E-state index in [0.29, 0.717) is 0 Å². The maximum atomic E-state index is 9.17. The van der Waals surface area contributed by atoms with Crippen LogP contribution in [0.15, 0.2) is 18.2 Å². The first kappa shape index (κ1) is 15.9. The highest BCUT2D eigenvalue weighted by Crippen LogP contribution is 2.28. The minimum absolute atomic E-state index is 0.378. The number of hydrogen-bond donors (Lipinski definition) is 1. The Kier molecular flexibility index (Phi) is 5.25. The van der Waals surface area contributed by atoms with Crippen molar-refractivity contribution >= 4 is 5.69 Å². The van der Waals surface area contributed by atoms with Gasteiger partial charge in [-0.2, -0.15) is 5.26 Å². The number of nitriles is 1. The minimum atomic E-state index is -0.378. The van der Waals surface area contributed by atoms with Crippen molar-refractivity contribution < 1.29 is 0 Å². The fourth-order valence-electron chi connectivity index (χ4n) is 3.05. The van der Waals surface area contributed by atoms with Gasteiger partial charge in [-0.1, -0.05) is 17.7 Å². The molecule has 0 fully saturated rings. The summed E-state index contributed by atoms with van der Waals surface area (Å²) in [6, 6.07) is 9.18. The van der Waals surface area contributed by atoms with Crippen LogP contribution in [0.4, 0.5) is 5.69 Å². The quantitative estimate of drug-likeness (QED) is 0.814. The first-order valence-corrected chi connectivity index (χ1v) is 8.02. The molecular weight excluding hydrogens is 258 g/mol. The molecule has 0 aromatic heterocycles. The fraction of sp³-hybridized carbons (Fsp3) is 0.611. The van der Waals surface area contributed by atoms with Crippen molar-refractivity contribution in [3.8, 4) is 6.07 Å². The van der Waals surface area contributed by atoms with E-state index in [-0.39, 0.29) is 5.54 Å². The maximum absolute atomic E-state index is 9.17. The molecule has 3 nitrogen and oxygen atoms in total. The average molecular weight is 285 g/mol. The van der Waals surface area contributed by atoms with Crippen molar-refractivity contribution in [2.75, 3.05) is 25.0 Å². The molecule has 0 saturated heterocycles.